The van der Waals surface area contributed by atoms with Crippen molar-refractivity contribution in [3.8, 4) is 0 Å². The largest absolute Gasteiger partial charge is 0.326 e. The van der Waals surface area contributed by atoms with E-state index in [1.165, 1.54) is 10.4 Å². The van der Waals surface area contributed by atoms with Gasteiger partial charge in [0.2, 0.25) is 15.9 Å². The van der Waals surface area contributed by atoms with Crippen LogP contribution in [0.4, 0.5) is 5.69 Å². The highest BCUT2D eigenvalue weighted by Crippen LogP contribution is 2.21. The number of nitrogens with zero attached hydrogens (tertiary/aromatic N) is 3. The summed E-state index contributed by atoms with van der Waals surface area (Å²) in [5, 5.41) is 3.11. The third-order valence-electron chi connectivity index (χ3n) is 4.69. The molecule has 3 rings (SSSR count). The summed E-state index contributed by atoms with van der Waals surface area (Å²) in [6.45, 7) is 5.37. The number of hydrogen-bond donors (Lipinski definition) is 1. The number of likely N-dealkylation sites (N-methyl/N-ethyl adjacent to an activating group) is 1. The van der Waals surface area contributed by atoms with Gasteiger partial charge < -0.3 is 10.2 Å². The summed E-state index contributed by atoms with van der Waals surface area (Å²) in [5.74, 6) is -0.254. The van der Waals surface area contributed by atoms with Crippen molar-refractivity contribution < 1.29 is 13.2 Å². The van der Waals surface area contributed by atoms with Gasteiger partial charge in [-0.1, -0.05) is 30.7 Å². The number of aromatic nitrogens is 1. The summed E-state index contributed by atoms with van der Waals surface area (Å²) >= 11 is 5.74. The average Bonchev–Trinajstić information content (AvgIpc) is 2.70. The minimum atomic E-state index is -3.58. The molecule has 2 heterocycles. The standard InChI is InChI=1S/C19H23ClN4O3S/c1-2-23-8-10-24(11-9-23)28(26,27)17-5-3-4-16(13-17)22-19(25)12-15-6-7-18(20)21-14-15/h3-7,13-14H,2,8-12H2,1H3,(H,22,25). The normalized spacial score (nSPS) is 16.1. The first-order valence-electron chi connectivity index (χ1n) is 9.11. The summed E-state index contributed by atoms with van der Waals surface area (Å²) < 4.78 is 27.3. The first-order valence-corrected chi connectivity index (χ1v) is 10.9. The quantitative estimate of drug-likeness (QED) is 0.722. The minimum absolute atomic E-state index is 0.125. The van der Waals surface area contributed by atoms with E-state index in [4.69, 9.17) is 11.6 Å². The number of piperazine rings is 1. The number of benzene rings is 1. The number of carbonyl (C=O) groups excluding carboxylic acids is 1. The number of anilines is 1. The number of halogens is 1. The van der Waals surface area contributed by atoms with Crippen LogP contribution in [0.5, 0.6) is 0 Å². The molecule has 1 amide bonds. The fraction of sp³-hybridized carbons (Fsp3) is 0.368. The Labute approximate surface area is 170 Å². The molecule has 0 radical (unpaired) electrons. The van der Waals surface area contributed by atoms with E-state index in [1.54, 1.807) is 36.5 Å². The van der Waals surface area contributed by atoms with Crippen LogP contribution in [0, 0.1) is 0 Å². The highest BCUT2D eigenvalue weighted by Gasteiger charge is 2.28. The molecule has 0 aliphatic carbocycles. The van der Waals surface area contributed by atoms with Gasteiger partial charge in [-0.25, -0.2) is 13.4 Å². The number of hydrogen-bond acceptors (Lipinski definition) is 5. The summed E-state index contributed by atoms with van der Waals surface area (Å²) in [6.07, 6.45) is 1.67. The maximum atomic E-state index is 12.9. The Morgan fingerprint density at radius 3 is 2.57 bits per heavy atom. The first-order chi connectivity index (χ1) is 13.4. The lowest BCUT2D eigenvalue weighted by atomic mass is 10.2. The summed E-state index contributed by atoms with van der Waals surface area (Å²) in [4.78, 5) is 18.6. The van der Waals surface area contributed by atoms with E-state index in [2.05, 4.69) is 22.1 Å². The highest BCUT2D eigenvalue weighted by atomic mass is 35.5. The Hall–Kier alpha value is -2.00. The molecule has 150 valence electrons. The zero-order valence-electron chi connectivity index (χ0n) is 15.6. The van der Waals surface area contributed by atoms with Crippen LogP contribution < -0.4 is 5.32 Å². The Balaban J connectivity index is 1.67. The van der Waals surface area contributed by atoms with Crippen molar-refractivity contribution >= 4 is 33.2 Å². The molecule has 0 saturated carbocycles. The number of sulfonamides is 1. The van der Waals surface area contributed by atoms with Crippen molar-refractivity contribution in [2.75, 3.05) is 38.0 Å². The Morgan fingerprint density at radius 1 is 1.18 bits per heavy atom. The van der Waals surface area contributed by atoms with Crippen molar-refractivity contribution in [3.05, 3.63) is 53.3 Å². The van der Waals surface area contributed by atoms with Gasteiger partial charge in [0.15, 0.2) is 0 Å². The number of carbonyl (C=O) groups is 1. The molecule has 0 unspecified atom stereocenters. The second-order valence-electron chi connectivity index (χ2n) is 6.58. The lowest BCUT2D eigenvalue weighted by Gasteiger charge is -2.33. The maximum absolute atomic E-state index is 12.9. The first kappa shape index (κ1) is 20.7. The van der Waals surface area contributed by atoms with E-state index in [0.717, 1.165) is 25.2 Å². The maximum Gasteiger partial charge on any atom is 0.243 e. The number of pyridine rings is 1. The van der Waals surface area contributed by atoms with Gasteiger partial charge >= 0.3 is 0 Å². The van der Waals surface area contributed by atoms with Crippen molar-refractivity contribution in [1.82, 2.24) is 14.2 Å². The van der Waals surface area contributed by atoms with E-state index in [9.17, 15) is 13.2 Å². The molecular weight excluding hydrogens is 400 g/mol. The monoisotopic (exact) mass is 422 g/mol. The third kappa shape index (κ3) is 5.08. The van der Waals surface area contributed by atoms with Crippen molar-refractivity contribution in [3.63, 3.8) is 0 Å². The molecule has 1 N–H and O–H groups in total. The topological polar surface area (TPSA) is 82.6 Å². The van der Waals surface area contributed by atoms with E-state index in [0.29, 0.717) is 23.9 Å². The zero-order chi connectivity index (χ0) is 20.1. The van der Waals surface area contributed by atoms with Crippen LogP contribution in [-0.4, -0.2) is 61.2 Å². The SMILES string of the molecule is CCN1CCN(S(=O)(=O)c2cccc(NC(=O)Cc3ccc(Cl)nc3)c2)CC1. The molecule has 1 aliphatic rings. The lowest BCUT2D eigenvalue weighted by Crippen LogP contribution is -2.48. The molecule has 9 heteroatoms. The van der Waals surface area contributed by atoms with Crippen molar-refractivity contribution in [1.29, 1.82) is 0 Å². The predicted molar refractivity (Wildman–Crippen MR) is 109 cm³/mol. The van der Waals surface area contributed by atoms with Crippen LogP contribution in [-0.2, 0) is 21.2 Å². The average molecular weight is 423 g/mol. The second-order valence-corrected chi connectivity index (χ2v) is 8.91. The van der Waals surface area contributed by atoms with E-state index in [1.807, 2.05) is 0 Å². The fourth-order valence-corrected chi connectivity index (χ4v) is 4.65. The highest BCUT2D eigenvalue weighted by molar-refractivity contribution is 7.89. The molecule has 28 heavy (non-hydrogen) atoms. The zero-order valence-corrected chi connectivity index (χ0v) is 17.2. The Kier molecular flexibility index (Phi) is 6.66. The molecule has 1 aliphatic heterocycles. The molecule has 0 spiro atoms. The van der Waals surface area contributed by atoms with Gasteiger partial charge in [0, 0.05) is 38.1 Å². The third-order valence-corrected chi connectivity index (χ3v) is 6.81. The van der Waals surface area contributed by atoms with E-state index < -0.39 is 10.0 Å². The lowest BCUT2D eigenvalue weighted by molar-refractivity contribution is -0.115. The van der Waals surface area contributed by atoms with E-state index in [-0.39, 0.29) is 17.2 Å². The summed E-state index contributed by atoms with van der Waals surface area (Å²) in [6, 6.07) is 9.71. The summed E-state index contributed by atoms with van der Waals surface area (Å²) in [5.41, 5.74) is 1.17. The molecular formula is C19H23ClN4O3S. The molecule has 1 aromatic carbocycles. The van der Waals surface area contributed by atoms with Crippen molar-refractivity contribution in [2.45, 2.75) is 18.2 Å². The van der Waals surface area contributed by atoms with Gasteiger partial charge in [0.25, 0.3) is 0 Å². The molecule has 1 fully saturated rings. The number of nitrogens with one attached hydrogen (secondary N) is 1. The molecule has 2 aromatic rings. The summed E-state index contributed by atoms with van der Waals surface area (Å²) in [7, 11) is -3.58. The second kappa shape index (κ2) is 9.00. The van der Waals surface area contributed by atoms with Crippen LogP contribution in [0.25, 0.3) is 0 Å². The van der Waals surface area contributed by atoms with E-state index >= 15 is 0 Å². The van der Waals surface area contributed by atoms with Gasteiger partial charge in [-0.05, 0) is 36.4 Å². The number of rotatable bonds is 6. The van der Waals surface area contributed by atoms with Gasteiger partial charge in [0.1, 0.15) is 5.15 Å². The van der Waals surface area contributed by atoms with Gasteiger partial charge in [-0.3, -0.25) is 4.79 Å². The van der Waals surface area contributed by atoms with Gasteiger partial charge in [-0.2, -0.15) is 4.31 Å². The Morgan fingerprint density at radius 2 is 1.93 bits per heavy atom. The Bertz CT molecular complexity index is 926. The molecule has 7 nitrogen and oxygen atoms in total. The van der Waals surface area contributed by atoms with Crippen LogP contribution in [0.15, 0.2) is 47.5 Å². The predicted octanol–water partition coefficient (Wildman–Crippen LogP) is 2.24. The molecule has 1 saturated heterocycles. The minimum Gasteiger partial charge on any atom is -0.326 e. The van der Waals surface area contributed by atoms with Crippen molar-refractivity contribution in [2.24, 2.45) is 0 Å². The molecule has 0 bridgehead atoms. The van der Waals surface area contributed by atoms with Crippen LogP contribution in [0.1, 0.15) is 12.5 Å². The number of amides is 1. The fourth-order valence-electron chi connectivity index (χ4n) is 3.07. The smallest absolute Gasteiger partial charge is 0.243 e. The van der Waals surface area contributed by atoms with Gasteiger partial charge in [-0.15, -0.1) is 0 Å². The molecule has 1 aromatic heterocycles. The van der Waals surface area contributed by atoms with Crippen LogP contribution in [0.3, 0.4) is 0 Å². The van der Waals surface area contributed by atoms with Crippen LogP contribution >= 0.6 is 11.6 Å². The van der Waals surface area contributed by atoms with Gasteiger partial charge in [0.05, 0.1) is 11.3 Å². The molecule has 0 atom stereocenters. The van der Waals surface area contributed by atoms with Crippen LogP contribution in [0.2, 0.25) is 5.15 Å².